The summed E-state index contributed by atoms with van der Waals surface area (Å²) in [6, 6.07) is 6.45. The highest BCUT2D eigenvalue weighted by Crippen LogP contribution is 2.18. The lowest BCUT2D eigenvalue weighted by atomic mass is 9.93. The fourth-order valence-electron chi connectivity index (χ4n) is 2.61. The SMILES string of the molecule is CCNC(=NCCOc1cccc(F)c1)NC1CCC(O)CC1. The zero-order valence-corrected chi connectivity index (χ0v) is 13.6. The molecule has 23 heavy (non-hydrogen) atoms. The third-order valence-corrected chi connectivity index (χ3v) is 3.81. The lowest BCUT2D eigenvalue weighted by molar-refractivity contribution is 0.120. The van der Waals surface area contributed by atoms with Gasteiger partial charge in [0.25, 0.3) is 0 Å². The lowest BCUT2D eigenvalue weighted by Crippen LogP contribution is -2.45. The van der Waals surface area contributed by atoms with Gasteiger partial charge in [0.1, 0.15) is 18.2 Å². The quantitative estimate of drug-likeness (QED) is 0.426. The second-order valence-corrected chi connectivity index (χ2v) is 5.72. The van der Waals surface area contributed by atoms with Gasteiger partial charge < -0.3 is 20.5 Å². The maximum atomic E-state index is 13.0. The van der Waals surface area contributed by atoms with E-state index in [1.807, 2.05) is 6.92 Å². The van der Waals surface area contributed by atoms with Crippen molar-refractivity contribution >= 4 is 5.96 Å². The molecule has 1 aromatic rings. The maximum absolute atomic E-state index is 13.0. The molecule has 5 nitrogen and oxygen atoms in total. The van der Waals surface area contributed by atoms with Crippen LogP contribution in [-0.2, 0) is 0 Å². The molecule has 1 fully saturated rings. The summed E-state index contributed by atoms with van der Waals surface area (Å²) in [7, 11) is 0. The topological polar surface area (TPSA) is 65.9 Å². The number of aliphatic hydroxyl groups is 1. The fourth-order valence-corrected chi connectivity index (χ4v) is 2.61. The first-order valence-corrected chi connectivity index (χ1v) is 8.28. The van der Waals surface area contributed by atoms with Gasteiger partial charge in [0, 0.05) is 18.7 Å². The van der Waals surface area contributed by atoms with E-state index in [0.29, 0.717) is 24.9 Å². The summed E-state index contributed by atoms with van der Waals surface area (Å²) in [6.45, 7) is 3.68. The Morgan fingerprint density at radius 3 is 2.83 bits per heavy atom. The second kappa shape index (κ2) is 9.35. The second-order valence-electron chi connectivity index (χ2n) is 5.72. The number of benzene rings is 1. The van der Waals surface area contributed by atoms with E-state index in [2.05, 4.69) is 15.6 Å². The van der Waals surface area contributed by atoms with Gasteiger partial charge in [0.05, 0.1) is 12.6 Å². The minimum atomic E-state index is -0.305. The van der Waals surface area contributed by atoms with Crippen molar-refractivity contribution in [3.63, 3.8) is 0 Å². The summed E-state index contributed by atoms with van der Waals surface area (Å²) in [5.74, 6) is 0.969. The van der Waals surface area contributed by atoms with Gasteiger partial charge in [0.15, 0.2) is 5.96 Å². The standard InChI is InChI=1S/C17H26FN3O2/c1-2-19-17(21-14-6-8-15(22)9-7-14)20-10-11-23-16-5-3-4-13(18)12-16/h3-5,12,14-15,22H,2,6-11H2,1H3,(H2,19,20,21). The molecule has 128 valence electrons. The van der Waals surface area contributed by atoms with E-state index in [-0.39, 0.29) is 11.9 Å². The van der Waals surface area contributed by atoms with E-state index < -0.39 is 0 Å². The normalized spacial score (nSPS) is 21.8. The molecule has 0 unspecified atom stereocenters. The maximum Gasteiger partial charge on any atom is 0.191 e. The van der Waals surface area contributed by atoms with Crippen molar-refractivity contribution in [2.75, 3.05) is 19.7 Å². The van der Waals surface area contributed by atoms with E-state index in [4.69, 9.17) is 4.74 Å². The Morgan fingerprint density at radius 1 is 1.35 bits per heavy atom. The predicted molar refractivity (Wildman–Crippen MR) is 89.3 cm³/mol. The summed E-state index contributed by atoms with van der Waals surface area (Å²) in [4.78, 5) is 4.48. The summed E-state index contributed by atoms with van der Waals surface area (Å²) < 4.78 is 18.5. The third-order valence-electron chi connectivity index (χ3n) is 3.81. The highest BCUT2D eigenvalue weighted by Gasteiger charge is 2.19. The molecule has 1 aliphatic rings. The van der Waals surface area contributed by atoms with E-state index >= 15 is 0 Å². The Morgan fingerprint density at radius 2 is 2.13 bits per heavy atom. The van der Waals surface area contributed by atoms with E-state index in [1.54, 1.807) is 12.1 Å². The molecule has 0 atom stereocenters. The average molecular weight is 323 g/mol. The van der Waals surface area contributed by atoms with Gasteiger partial charge in [-0.25, -0.2) is 9.38 Å². The van der Waals surface area contributed by atoms with Crippen LogP contribution >= 0.6 is 0 Å². The molecule has 0 amide bonds. The molecule has 1 aliphatic carbocycles. The Kier molecular flexibility index (Phi) is 7.13. The Bertz CT molecular complexity index is 502. The Labute approximate surface area is 137 Å². The Balaban J connectivity index is 1.76. The van der Waals surface area contributed by atoms with Crippen LogP contribution in [0.4, 0.5) is 4.39 Å². The van der Waals surface area contributed by atoms with Gasteiger partial charge in [-0.05, 0) is 44.7 Å². The number of hydrogen-bond acceptors (Lipinski definition) is 3. The van der Waals surface area contributed by atoms with Crippen LogP contribution < -0.4 is 15.4 Å². The van der Waals surface area contributed by atoms with Gasteiger partial charge in [-0.3, -0.25) is 0 Å². The highest BCUT2D eigenvalue weighted by atomic mass is 19.1. The molecule has 0 aromatic heterocycles. The molecule has 3 N–H and O–H groups in total. The summed E-state index contributed by atoms with van der Waals surface area (Å²) >= 11 is 0. The first-order valence-electron chi connectivity index (χ1n) is 8.28. The number of aliphatic imine (C=N–C) groups is 1. The zero-order chi connectivity index (χ0) is 16.5. The molecule has 0 radical (unpaired) electrons. The van der Waals surface area contributed by atoms with Crippen molar-refractivity contribution < 1.29 is 14.2 Å². The van der Waals surface area contributed by atoms with Crippen molar-refractivity contribution in [1.29, 1.82) is 0 Å². The van der Waals surface area contributed by atoms with Crippen molar-refractivity contribution in [1.82, 2.24) is 10.6 Å². The van der Waals surface area contributed by atoms with Gasteiger partial charge in [-0.2, -0.15) is 0 Å². The fraction of sp³-hybridized carbons (Fsp3) is 0.588. The first kappa shape index (κ1) is 17.5. The van der Waals surface area contributed by atoms with Crippen molar-refractivity contribution in [2.24, 2.45) is 4.99 Å². The summed E-state index contributed by atoms with van der Waals surface area (Å²) in [5.41, 5.74) is 0. The average Bonchev–Trinajstić information content (AvgIpc) is 2.54. The van der Waals surface area contributed by atoms with Crippen LogP contribution in [-0.4, -0.2) is 42.9 Å². The molecule has 1 aromatic carbocycles. The minimum absolute atomic E-state index is 0.160. The number of hydrogen-bond donors (Lipinski definition) is 3. The number of rotatable bonds is 6. The van der Waals surface area contributed by atoms with Crippen LogP contribution in [0.1, 0.15) is 32.6 Å². The molecule has 0 spiro atoms. The molecule has 0 saturated heterocycles. The van der Waals surface area contributed by atoms with E-state index in [1.165, 1.54) is 12.1 Å². The number of nitrogens with one attached hydrogen (secondary N) is 2. The van der Waals surface area contributed by atoms with Gasteiger partial charge in [0.2, 0.25) is 0 Å². The largest absolute Gasteiger partial charge is 0.492 e. The Hall–Kier alpha value is -1.82. The van der Waals surface area contributed by atoms with Crippen LogP contribution in [0, 0.1) is 5.82 Å². The highest BCUT2D eigenvalue weighted by molar-refractivity contribution is 5.80. The molecule has 2 rings (SSSR count). The number of nitrogens with zero attached hydrogens (tertiary/aromatic N) is 1. The van der Waals surface area contributed by atoms with Crippen molar-refractivity contribution in [3.8, 4) is 5.75 Å². The molecule has 1 saturated carbocycles. The van der Waals surface area contributed by atoms with Gasteiger partial charge >= 0.3 is 0 Å². The molecule has 0 aliphatic heterocycles. The van der Waals surface area contributed by atoms with Crippen molar-refractivity contribution in [3.05, 3.63) is 30.1 Å². The summed E-state index contributed by atoms with van der Waals surface area (Å²) in [5, 5.41) is 16.2. The van der Waals surface area contributed by atoms with Crippen LogP contribution in [0.15, 0.2) is 29.3 Å². The van der Waals surface area contributed by atoms with Crippen LogP contribution in [0.5, 0.6) is 5.75 Å². The lowest BCUT2D eigenvalue weighted by Gasteiger charge is -2.27. The van der Waals surface area contributed by atoms with E-state index in [0.717, 1.165) is 38.2 Å². The molecule has 0 heterocycles. The number of aliphatic hydroxyl groups excluding tert-OH is 1. The monoisotopic (exact) mass is 323 g/mol. The number of guanidine groups is 1. The predicted octanol–water partition coefficient (Wildman–Crippen LogP) is 2.06. The first-order chi connectivity index (χ1) is 11.2. The molecular formula is C17H26FN3O2. The van der Waals surface area contributed by atoms with Crippen LogP contribution in [0.25, 0.3) is 0 Å². The third kappa shape index (κ3) is 6.44. The van der Waals surface area contributed by atoms with Gasteiger partial charge in [-0.15, -0.1) is 0 Å². The van der Waals surface area contributed by atoms with Crippen LogP contribution in [0.2, 0.25) is 0 Å². The number of halogens is 1. The summed E-state index contributed by atoms with van der Waals surface area (Å²) in [6.07, 6.45) is 3.41. The molecule has 0 bridgehead atoms. The van der Waals surface area contributed by atoms with Crippen LogP contribution in [0.3, 0.4) is 0 Å². The van der Waals surface area contributed by atoms with Gasteiger partial charge in [-0.1, -0.05) is 6.07 Å². The minimum Gasteiger partial charge on any atom is -0.492 e. The molecule has 6 heteroatoms. The van der Waals surface area contributed by atoms with Crippen molar-refractivity contribution in [2.45, 2.75) is 44.8 Å². The smallest absolute Gasteiger partial charge is 0.191 e. The van der Waals surface area contributed by atoms with E-state index in [9.17, 15) is 9.50 Å². The molecular weight excluding hydrogens is 297 g/mol. The number of ether oxygens (including phenoxy) is 1. The zero-order valence-electron chi connectivity index (χ0n) is 13.6.